The van der Waals surface area contributed by atoms with Crippen molar-refractivity contribution in [2.24, 2.45) is 0 Å². The molecule has 1 amide bonds. The van der Waals surface area contributed by atoms with E-state index in [1.807, 2.05) is 0 Å². The van der Waals surface area contributed by atoms with Crippen molar-refractivity contribution in [3.8, 4) is 5.75 Å². The number of benzene rings is 1. The highest BCUT2D eigenvalue weighted by molar-refractivity contribution is 7.90. The highest BCUT2D eigenvalue weighted by Gasteiger charge is 2.19. The van der Waals surface area contributed by atoms with E-state index in [2.05, 4.69) is 10.6 Å². The summed E-state index contributed by atoms with van der Waals surface area (Å²) in [5, 5.41) is 6.06. The van der Waals surface area contributed by atoms with Crippen LogP contribution in [0.25, 0.3) is 0 Å². The van der Waals surface area contributed by atoms with Gasteiger partial charge in [-0.05, 0) is 13.0 Å². The Morgan fingerprint density at radius 1 is 1.50 bits per heavy atom. The second kappa shape index (κ2) is 5.49. The van der Waals surface area contributed by atoms with Gasteiger partial charge in [-0.15, -0.1) is 0 Å². The summed E-state index contributed by atoms with van der Waals surface area (Å²) in [6.07, 6.45) is 1.18. The molecule has 6 nitrogen and oxygen atoms in total. The Bertz CT molecular complexity index is 645. The third-order valence-electron chi connectivity index (χ3n) is 2.66. The molecule has 8 heteroatoms. The number of ether oxygens (including phenoxy) is 1. The van der Waals surface area contributed by atoms with E-state index in [-0.39, 0.29) is 24.3 Å². The zero-order valence-corrected chi connectivity index (χ0v) is 12.6. The van der Waals surface area contributed by atoms with Gasteiger partial charge in [0.25, 0.3) is 5.91 Å². The lowest BCUT2D eigenvalue weighted by atomic mass is 10.2. The lowest BCUT2D eigenvalue weighted by Gasteiger charge is -2.21. The quantitative estimate of drug-likeness (QED) is 0.879. The van der Waals surface area contributed by atoms with Gasteiger partial charge in [-0.1, -0.05) is 11.6 Å². The molecule has 1 aliphatic rings. The number of halogens is 1. The number of carbonyl (C=O) groups excluding carboxylic acids is 1. The number of nitrogens with one attached hydrogen (secondary N) is 2. The molecule has 0 saturated carbocycles. The smallest absolute Gasteiger partial charge is 0.262 e. The van der Waals surface area contributed by atoms with Crippen LogP contribution in [-0.4, -0.2) is 39.0 Å². The molecular formula is C12H15ClN2O4S. The van der Waals surface area contributed by atoms with Gasteiger partial charge in [-0.3, -0.25) is 4.79 Å². The van der Waals surface area contributed by atoms with Gasteiger partial charge >= 0.3 is 0 Å². The van der Waals surface area contributed by atoms with Gasteiger partial charge < -0.3 is 15.4 Å². The van der Waals surface area contributed by atoms with Crippen LogP contribution >= 0.6 is 11.6 Å². The number of amides is 1. The molecule has 0 radical (unpaired) electrons. The summed E-state index contributed by atoms with van der Waals surface area (Å²) in [5.74, 6) is 0.264. The maximum atomic E-state index is 11.2. The average molecular weight is 319 g/mol. The molecule has 1 unspecified atom stereocenters. The maximum absolute atomic E-state index is 11.2. The minimum atomic E-state index is -3.07. The van der Waals surface area contributed by atoms with E-state index >= 15 is 0 Å². The van der Waals surface area contributed by atoms with Crippen molar-refractivity contribution in [1.29, 1.82) is 0 Å². The zero-order chi connectivity index (χ0) is 14.9. The van der Waals surface area contributed by atoms with Crippen LogP contribution in [0.5, 0.6) is 5.75 Å². The Kier molecular flexibility index (Phi) is 4.10. The van der Waals surface area contributed by atoms with Crippen LogP contribution in [0.15, 0.2) is 12.1 Å². The van der Waals surface area contributed by atoms with Gasteiger partial charge in [0.15, 0.2) is 6.61 Å². The highest BCUT2D eigenvalue weighted by Crippen LogP contribution is 2.36. The molecule has 0 saturated heterocycles. The Labute approximate surface area is 122 Å². The molecular weight excluding hydrogens is 304 g/mol. The third-order valence-corrected chi connectivity index (χ3v) is 4.07. The lowest BCUT2D eigenvalue weighted by Crippen LogP contribution is -2.27. The van der Waals surface area contributed by atoms with E-state index in [1.165, 1.54) is 6.26 Å². The fourth-order valence-corrected chi connectivity index (χ4v) is 3.18. The maximum Gasteiger partial charge on any atom is 0.262 e. The summed E-state index contributed by atoms with van der Waals surface area (Å²) < 4.78 is 27.8. The van der Waals surface area contributed by atoms with Crippen LogP contribution < -0.4 is 15.4 Å². The molecule has 0 spiro atoms. The first-order valence-electron chi connectivity index (χ1n) is 5.95. The van der Waals surface area contributed by atoms with Crippen molar-refractivity contribution in [3.63, 3.8) is 0 Å². The van der Waals surface area contributed by atoms with Crippen molar-refractivity contribution in [2.75, 3.05) is 29.2 Å². The fraction of sp³-hybridized carbons (Fsp3) is 0.417. The SMILES string of the molecule is CC(CS(C)(=O)=O)Nc1cc2c(cc1Cl)NC(=O)CO2. The molecule has 1 aromatic rings. The van der Waals surface area contributed by atoms with Crippen molar-refractivity contribution in [1.82, 2.24) is 0 Å². The minimum absolute atomic E-state index is 0.00198. The first-order chi connectivity index (χ1) is 9.24. The second-order valence-electron chi connectivity index (χ2n) is 4.80. The first kappa shape index (κ1) is 14.9. The summed E-state index contributed by atoms with van der Waals surface area (Å²) in [7, 11) is -3.07. The molecule has 2 rings (SSSR count). The van der Waals surface area contributed by atoms with Gasteiger partial charge in [0.05, 0.1) is 22.2 Å². The Morgan fingerprint density at radius 3 is 2.85 bits per heavy atom. The number of fused-ring (bicyclic) bond motifs is 1. The Balaban J connectivity index is 2.19. The van der Waals surface area contributed by atoms with Crippen molar-refractivity contribution >= 4 is 38.7 Å². The molecule has 0 aromatic heterocycles. The van der Waals surface area contributed by atoms with E-state index < -0.39 is 9.84 Å². The van der Waals surface area contributed by atoms with Crippen LogP contribution in [0.4, 0.5) is 11.4 Å². The molecule has 0 aliphatic carbocycles. The Morgan fingerprint density at radius 2 is 2.20 bits per heavy atom. The van der Waals surface area contributed by atoms with E-state index in [1.54, 1.807) is 19.1 Å². The van der Waals surface area contributed by atoms with E-state index in [4.69, 9.17) is 16.3 Å². The molecule has 2 N–H and O–H groups in total. The minimum Gasteiger partial charge on any atom is -0.482 e. The van der Waals surface area contributed by atoms with Gasteiger partial charge in [0.2, 0.25) is 0 Å². The summed E-state index contributed by atoms with van der Waals surface area (Å²) in [5.41, 5.74) is 1.07. The normalized spacial score (nSPS) is 15.8. The van der Waals surface area contributed by atoms with E-state index in [9.17, 15) is 13.2 Å². The predicted molar refractivity (Wildman–Crippen MR) is 78.4 cm³/mol. The lowest BCUT2D eigenvalue weighted by molar-refractivity contribution is -0.118. The molecule has 1 heterocycles. The van der Waals surface area contributed by atoms with Gasteiger partial charge in [-0.2, -0.15) is 0 Å². The number of hydrogen-bond donors (Lipinski definition) is 2. The molecule has 0 bridgehead atoms. The number of anilines is 2. The molecule has 110 valence electrons. The fourth-order valence-electron chi connectivity index (χ4n) is 1.97. The Hall–Kier alpha value is -1.47. The molecule has 20 heavy (non-hydrogen) atoms. The van der Waals surface area contributed by atoms with Gasteiger partial charge in [-0.25, -0.2) is 8.42 Å². The van der Waals surface area contributed by atoms with Gasteiger partial charge in [0.1, 0.15) is 15.6 Å². The zero-order valence-electron chi connectivity index (χ0n) is 11.1. The van der Waals surface area contributed by atoms with E-state index in [0.717, 1.165) is 0 Å². The predicted octanol–water partition coefficient (Wildman–Crippen LogP) is 1.52. The third kappa shape index (κ3) is 3.77. The standard InChI is InChI=1S/C12H15ClN2O4S/c1-7(6-20(2,17)18)14-9-4-11-10(3-8(9)13)15-12(16)5-19-11/h3-4,7,14H,5-6H2,1-2H3,(H,15,16). The van der Waals surface area contributed by atoms with Crippen LogP contribution in [0, 0.1) is 0 Å². The second-order valence-corrected chi connectivity index (χ2v) is 7.39. The van der Waals surface area contributed by atoms with Crippen LogP contribution in [-0.2, 0) is 14.6 Å². The van der Waals surface area contributed by atoms with Crippen molar-refractivity contribution < 1.29 is 17.9 Å². The number of sulfone groups is 1. The monoisotopic (exact) mass is 318 g/mol. The van der Waals surface area contributed by atoms with Crippen LogP contribution in [0.1, 0.15) is 6.92 Å². The van der Waals surface area contributed by atoms with Crippen molar-refractivity contribution in [3.05, 3.63) is 17.2 Å². The summed E-state index contributed by atoms with van der Waals surface area (Å²) in [4.78, 5) is 11.2. The summed E-state index contributed by atoms with van der Waals surface area (Å²) >= 11 is 6.11. The van der Waals surface area contributed by atoms with Gasteiger partial charge in [0, 0.05) is 18.4 Å². The van der Waals surface area contributed by atoms with E-state index in [0.29, 0.717) is 22.1 Å². The number of carbonyl (C=O) groups is 1. The van der Waals surface area contributed by atoms with Crippen LogP contribution in [0.2, 0.25) is 5.02 Å². The molecule has 0 fully saturated rings. The first-order valence-corrected chi connectivity index (χ1v) is 8.39. The summed E-state index contributed by atoms with van der Waals surface area (Å²) in [6, 6.07) is 2.93. The summed E-state index contributed by atoms with van der Waals surface area (Å²) in [6.45, 7) is 1.70. The average Bonchev–Trinajstić information content (AvgIpc) is 2.28. The molecule has 1 aliphatic heterocycles. The number of rotatable bonds is 4. The van der Waals surface area contributed by atoms with Crippen molar-refractivity contribution in [2.45, 2.75) is 13.0 Å². The van der Waals surface area contributed by atoms with Crippen LogP contribution in [0.3, 0.4) is 0 Å². The largest absolute Gasteiger partial charge is 0.482 e. The molecule has 1 aromatic carbocycles. The number of hydrogen-bond acceptors (Lipinski definition) is 5. The topological polar surface area (TPSA) is 84.5 Å². The highest BCUT2D eigenvalue weighted by atomic mass is 35.5. The molecule has 1 atom stereocenters.